The molecule has 20 heavy (non-hydrogen) atoms. The Kier molecular flexibility index (Phi) is 5.49. The molecule has 5 heteroatoms. The van der Waals surface area contributed by atoms with Gasteiger partial charge >= 0.3 is 0 Å². The van der Waals surface area contributed by atoms with Crippen LogP contribution in [0.15, 0.2) is 24.5 Å². The maximum absolute atomic E-state index is 12.4. The molecule has 1 aliphatic heterocycles. The van der Waals surface area contributed by atoms with Gasteiger partial charge in [-0.25, -0.2) is 0 Å². The number of hydrogen-bond acceptors (Lipinski definition) is 4. The molecule has 1 amide bonds. The quantitative estimate of drug-likeness (QED) is 0.844. The minimum atomic E-state index is -0.0602. The van der Waals surface area contributed by atoms with E-state index in [-0.39, 0.29) is 11.9 Å². The van der Waals surface area contributed by atoms with Crippen LogP contribution in [0.3, 0.4) is 0 Å². The highest BCUT2D eigenvalue weighted by Crippen LogP contribution is 2.06. The SMILES string of the molecule is CC(C(=O)N1CCNCC1)N(C)CCc1ccncc1. The van der Waals surface area contributed by atoms with Crippen molar-refractivity contribution < 1.29 is 4.79 Å². The molecule has 0 radical (unpaired) electrons. The fraction of sp³-hybridized carbons (Fsp3) is 0.600. The van der Waals surface area contributed by atoms with Gasteiger partial charge in [0.15, 0.2) is 0 Å². The van der Waals surface area contributed by atoms with Gasteiger partial charge in [-0.2, -0.15) is 0 Å². The molecule has 1 N–H and O–H groups in total. The number of pyridine rings is 1. The number of nitrogens with zero attached hydrogens (tertiary/aromatic N) is 3. The van der Waals surface area contributed by atoms with Crippen molar-refractivity contribution >= 4 is 5.91 Å². The minimum absolute atomic E-state index is 0.0602. The predicted molar refractivity (Wildman–Crippen MR) is 79.5 cm³/mol. The average molecular weight is 276 g/mol. The molecule has 0 bridgehead atoms. The van der Waals surface area contributed by atoms with Gasteiger partial charge in [-0.05, 0) is 38.1 Å². The highest BCUT2D eigenvalue weighted by atomic mass is 16.2. The molecule has 1 aromatic heterocycles. The summed E-state index contributed by atoms with van der Waals surface area (Å²) in [6.07, 6.45) is 4.56. The zero-order valence-electron chi connectivity index (χ0n) is 12.4. The maximum Gasteiger partial charge on any atom is 0.239 e. The van der Waals surface area contributed by atoms with E-state index in [9.17, 15) is 4.79 Å². The second kappa shape index (κ2) is 7.36. The van der Waals surface area contributed by atoms with Crippen LogP contribution in [-0.4, -0.2) is 66.5 Å². The van der Waals surface area contributed by atoms with Crippen molar-refractivity contribution in [3.05, 3.63) is 30.1 Å². The molecule has 1 fully saturated rings. The third-order valence-electron chi connectivity index (χ3n) is 3.95. The molecule has 0 aliphatic carbocycles. The van der Waals surface area contributed by atoms with Crippen LogP contribution in [0.25, 0.3) is 0 Å². The molecule has 1 aliphatic rings. The van der Waals surface area contributed by atoms with Crippen molar-refractivity contribution in [3.63, 3.8) is 0 Å². The summed E-state index contributed by atoms with van der Waals surface area (Å²) in [5.74, 6) is 0.240. The number of carbonyl (C=O) groups is 1. The summed E-state index contributed by atoms with van der Waals surface area (Å²) in [7, 11) is 2.02. The van der Waals surface area contributed by atoms with Gasteiger partial charge in [0.1, 0.15) is 0 Å². The van der Waals surface area contributed by atoms with Crippen molar-refractivity contribution in [3.8, 4) is 0 Å². The number of piperazine rings is 1. The number of carbonyl (C=O) groups excluding carboxylic acids is 1. The summed E-state index contributed by atoms with van der Waals surface area (Å²) >= 11 is 0. The highest BCUT2D eigenvalue weighted by molar-refractivity contribution is 5.81. The molecule has 0 saturated carbocycles. The predicted octanol–water partition coefficient (Wildman–Crippen LogP) is 0.376. The Hall–Kier alpha value is -1.46. The third-order valence-corrected chi connectivity index (χ3v) is 3.95. The molecule has 2 rings (SSSR count). The van der Waals surface area contributed by atoms with E-state index in [1.165, 1.54) is 5.56 Å². The first-order valence-corrected chi connectivity index (χ1v) is 7.27. The van der Waals surface area contributed by atoms with E-state index in [4.69, 9.17) is 0 Å². The highest BCUT2D eigenvalue weighted by Gasteiger charge is 2.24. The second-order valence-corrected chi connectivity index (χ2v) is 5.34. The van der Waals surface area contributed by atoms with Crippen molar-refractivity contribution in [2.75, 3.05) is 39.8 Å². The van der Waals surface area contributed by atoms with Crippen molar-refractivity contribution in [1.82, 2.24) is 20.1 Å². The third kappa shape index (κ3) is 4.02. The zero-order valence-corrected chi connectivity index (χ0v) is 12.4. The molecule has 0 aromatic carbocycles. The molecule has 1 aromatic rings. The molecular weight excluding hydrogens is 252 g/mol. The number of rotatable bonds is 5. The summed E-state index contributed by atoms with van der Waals surface area (Å²) < 4.78 is 0. The van der Waals surface area contributed by atoms with Gasteiger partial charge in [-0.1, -0.05) is 0 Å². The fourth-order valence-corrected chi connectivity index (χ4v) is 2.39. The van der Waals surface area contributed by atoms with Gasteiger partial charge < -0.3 is 10.2 Å². The van der Waals surface area contributed by atoms with Gasteiger partial charge in [0.25, 0.3) is 0 Å². The first-order valence-electron chi connectivity index (χ1n) is 7.27. The standard InChI is InChI=1S/C15H24N4O/c1-13(15(20)19-11-8-17-9-12-19)18(2)10-5-14-3-6-16-7-4-14/h3-4,6-7,13,17H,5,8-12H2,1-2H3. The van der Waals surface area contributed by atoms with Crippen LogP contribution in [0.4, 0.5) is 0 Å². The lowest BCUT2D eigenvalue weighted by molar-refractivity contribution is -0.136. The number of amides is 1. The molecule has 1 atom stereocenters. The summed E-state index contributed by atoms with van der Waals surface area (Å²) in [5, 5.41) is 3.27. The van der Waals surface area contributed by atoms with E-state index in [1.807, 2.05) is 43.4 Å². The summed E-state index contributed by atoms with van der Waals surface area (Å²) in [4.78, 5) is 20.5. The van der Waals surface area contributed by atoms with Crippen molar-refractivity contribution in [2.45, 2.75) is 19.4 Å². The van der Waals surface area contributed by atoms with Crippen LogP contribution >= 0.6 is 0 Å². The van der Waals surface area contributed by atoms with Crippen LogP contribution in [0.5, 0.6) is 0 Å². The first-order chi connectivity index (χ1) is 9.68. The normalized spacial score (nSPS) is 17.2. The molecule has 0 spiro atoms. The summed E-state index contributed by atoms with van der Waals surface area (Å²) in [6.45, 7) is 6.32. The number of likely N-dealkylation sites (N-methyl/N-ethyl adjacent to an activating group) is 1. The fourth-order valence-electron chi connectivity index (χ4n) is 2.39. The molecule has 2 heterocycles. The topological polar surface area (TPSA) is 48.5 Å². The minimum Gasteiger partial charge on any atom is -0.339 e. The Balaban J connectivity index is 1.81. The van der Waals surface area contributed by atoms with E-state index in [2.05, 4.69) is 15.2 Å². The van der Waals surface area contributed by atoms with E-state index < -0.39 is 0 Å². The Labute approximate surface area is 121 Å². The molecule has 1 saturated heterocycles. The van der Waals surface area contributed by atoms with E-state index in [0.29, 0.717) is 0 Å². The van der Waals surface area contributed by atoms with E-state index in [0.717, 1.165) is 39.1 Å². The van der Waals surface area contributed by atoms with Crippen LogP contribution < -0.4 is 5.32 Å². The van der Waals surface area contributed by atoms with Crippen LogP contribution in [-0.2, 0) is 11.2 Å². The lowest BCUT2D eigenvalue weighted by Gasteiger charge is -2.33. The Morgan fingerprint density at radius 1 is 1.40 bits per heavy atom. The van der Waals surface area contributed by atoms with Gasteiger partial charge in [0.05, 0.1) is 6.04 Å². The zero-order chi connectivity index (χ0) is 14.4. The number of aromatic nitrogens is 1. The number of nitrogens with one attached hydrogen (secondary N) is 1. The van der Waals surface area contributed by atoms with Crippen molar-refractivity contribution in [1.29, 1.82) is 0 Å². The van der Waals surface area contributed by atoms with Crippen LogP contribution in [0.2, 0.25) is 0 Å². The van der Waals surface area contributed by atoms with Gasteiger partial charge in [0.2, 0.25) is 5.91 Å². The Morgan fingerprint density at radius 3 is 2.70 bits per heavy atom. The van der Waals surface area contributed by atoms with Crippen LogP contribution in [0, 0.1) is 0 Å². The maximum atomic E-state index is 12.4. The second-order valence-electron chi connectivity index (χ2n) is 5.34. The lowest BCUT2D eigenvalue weighted by atomic mass is 10.1. The Morgan fingerprint density at radius 2 is 2.05 bits per heavy atom. The largest absolute Gasteiger partial charge is 0.339 e. The summed E-state index contributed by atoms with van der Waals surface area (Å²) in [6, 6.07) is 3.99. The lowest BCUT2D eigenvalue weighted by Crippen LogP contribution is -2.52. The molecule has 1 unspecified atom stereocenters. The monoisotopic (exact) mass is 276 g/mol. The smallest absolute Gasteiger partial charge is 0.239 e. The average Bonchev–Trinajstić information content (AvgIpc) is 2.53. The van der Waals surface area contributed by atoms with E-state index in [1.54, 1.807) is 0 Å². The molecule has 110 valence electrons. The Bertz CT molecular complexity index is 417. The van der Waals surface area contributed by atoms with Gasteiger partial charge in [0, 0.05) is 45.1 Å². The molecule has 5 nitrogen and oxygen atoms in total. The van der Waals surface area contributed by atoms with Gasteiger partial charge in [-0.3, -0.25) is 14.7 Å². The van der Waals surface area contributed by atoms with Gasteiger partial charge in [-0.15, -0.1) is 0 Å². The van der Waals surface area contributed by atoms with Crippen LogP contribution in [0.1, 0.15) is 12.5 Å². The summed E-state index contributed by atoms with van der Waals surface area (Å²) in [5.41, 5.74) is 1.26. The molecular formula is C15H24N4O. The van der Waals surface area contributed by atoms with E-state index >= 15 is 0 Å². The number of hydrogen-bond donors (Lipinski definition) is 1. The van der Waals surface area contributed by atoms with Crippen molar-refractivity contribution in [2.24, 2.45) is 0 Å². The first kappa shape index (κ1) is 14.9.